The molecule has 7 nitrogen and oxygen atoms in total. The number of fused-ring (bicyclic) bond motifs is 1. The zero-order chi connectivity index (χ0) is 17.1. The van der Waals surface area contributed by atoms with Crippen LogP contribution in [-0.2, 0) is 11.3 Å². The van der Waals surface area contributed by atoms with Crippen molar-refractivity contribution in [3.63, 3.8) is 0 Å². The summed E-state index contributed by atoms with van der Waals surface area (Å²) < 4.78 is 7.75. The lowest BCUT2D eigenvalue weighted by molar-refractivity contribution is -0.134. The average molecular weight is 337 g/mol. The Hall–Kier alpha value is -2.96. The molecular weight excluding hydrogens is 318 g/mol. The molecule has 128 valence electrons. The van der Waals surface area contributed by atoms with Crippen LogP contribution in [0.5, 0.6) is 5.88 Å². The first-order valence-electron chi connectivity index (χ1n) is 8.40. The largest absolute Gasteiger partial charge is 0.471 e. The van der Waals surface area contributed by atoms with Gasteiger partial charge in [0.1, 0.15) is 12.6 Å². The topological polar surface area (TPSA) is 73.1 Å². The zero-order valence-corrected chi connectivity index (χ0v) is 13.8. The Morgan fingerprint density at radius 1 is 1.24 bits per heavy atom. The molecule has 25 heavy (non-hydrogen) atoms. The molecule has 0 bridgehead atoms. The maximum Gasteiger partial charge on any atom is 0.242 e. The quantitative estimate of drug-likeness (QED) is 0.727. The number of carbonyl (C=O) groups is 1. The number of aromatic nitrogens is 4. The molecule has 1 atom stereocenters. The van der Waals surface area contributed by atoms with Crippen LogP contribution in [0.1, 0.15) is 12.8 Å². The summed E-state index contributed by atoms with van der Waals surface area (Å²) in [5.74, 6) is 0.581. The summed E-state index contributed by atoms with van der Waals surface area (Å²) >= 11 is 0. The molecule has 3 aromatic rings. The molecule has 1 saturated heterocycles. The van der Waals surface area contributed by atoms with E-state index in [1.165, 1.54) is 0 Å². The van der Waals surface area contributed by atoms with Crippen LogP contribution in [0.2, 0.25) is 0 Å². The highest BCUT2D eigenvalue weighted by molar-refractivity contribution is 5.80. The monoisotopic (exact) mass is 337 g/mol. The fraction of sp³-hybridized carbons (Fsp3) is 0.333. The third-order valence-electron chi connectivity index (χ3n) is 4.39. The van der Waals surface area contributed by atoms with Crippen molar-refractivity contribution in [3.05, 3.63) is 49.2 Å². The summed E-state index contributed by atoms with van der Waals surface area (Å²) in [5.41, 5.74) is 1.87. The first-order valence-corrected chi connectivity index (χ1v) is 8.40. The van der Waals surface area contributed by atoms with Gasteiger partial charge >= 0.3 is 0 Å². The highest BCUT2D eigenvalue weighted by atomic mass is 16.5. The number of amides is 1. The molecule has 1 aromatic carbocycles. The smallest absolute Gasteiger partial charge is 0.242 e. The average Bonchev–Trinajstić information content (AvgIpc) is 3.06. The molecule has 1 aliphatic rings. The normalized spacial score (nSPS) is 17.6. The van der Waals surface area contributed by atoms with Gasteiger partial charge in [0.15, 0.2) is 0 Å². The van der Waals surface area contributed by atoms with Crippen LogP contribution in [0.4, 0.5) is 0 Å². The fourth-order valence-electron chi connectivity index (χ4n) is 3.16. The Balaban J connectivity index is 1.41. The second kappa shape index (κ2) is 6.88. The van der Waals surface area contributed by atoms with Crippen molar-refractivity contribution in [2.24, 2.45) is 0 Å². The van der Waals surface area contributed by atoms with Gasteiger partial charge in [0.2, 0.25) is 11.8 Å². The Morgan fingerprint density at radius 3 is 3.04 bits per heavy atom. The van der Waals surface area contributed by atoms with Gasteiger partial charge < -0.3 is 14.2 Å². The van der Waals surface area contributed by atoms with Crippen molar-refractivity contribution in [1.82, 2.24) is 24.4 Å². The Bertz CT molecular complexity index is 864. The zero-order valence-electron chi connectivity index (χ0n) is 13.8. The SMILES string of the molecule is O=C(Cn1cnc2ccccc21)N1CCC[C@@H](Oc2cnccn2)C1. The lowest BCUT2D eigenvalue weighted by Crippen LogP contribution is -2.45. The molecule has 1 fully saturated rings. The molecule has 1 aliphatic heterocycles. The first kappa shape index (κ1) is 15.6. The molecule has 2 aromatic heterocycles. The van der Waals surface area contributed by atoms with Crippen molar-refractivity contribution < 1.29 is 9.53 Å². The first-order chi connectivity index (χ1) is 12.3. The van der Waals surface area contributed by atoms with E-state index < -0.39 is 0 Å². The minimum atomic E-state index is -0.0473. The maximum atomic E-state index is 12.7. The summed E-state index contributed by atoms with van der Waals surface area (Å²) in [6.45, 7) is 1.62. The fourth-order valence-corrected chi connectivity index (χ4v) is 3.16. The van der Waals surface area contributed by atoms with E-state index in [4.69, 9.17) is 4.74 Å². The van der Waals surface area contributed by atoms with E-state index in [0.717, 1.165) is 30.4 Å². The number of ether oxygens (including phenoxy) is 1. The second-order valence-electron chi connectivity index (χ2n) is 6.13. The molecule has 0 unspecified atom stereocenters. The predicted octanol–water partition coefficient (Wildman–Crippen LogP) is 1.90. The Labute approximate surface area is 145 Å². The molecule has 3 heterocycles. The van der Waals surface area contributed by atoms with Gasteiger partial charge in [-0.3, -0.25) is 9.78 Å². The number of rotatable bonds is 4. The second-order valence-corrected chi connectivity index (χ2v) is 6.13. The highest BCUT2D eigenvalue weighted by Gasteiger charge is 2.25. The summed E-state index contributed by atoms with van der Waals surface area (Å²) in [4.78, 5) is 27.0. The van der Waals surface area contributed by atoms with Crippen LogP contribution >= 0.6 is 0 Å². The Kier molecular flexibility index (Phi) is 4.28. The molecule has 0 radical (unpaired) electrons. The summed E-state index contributed by atoms with van der Waals surface area (Å²) in [6.07, 6.45) is 8.31. The minimum absolute atomic E-state index is 0.0473. The van der Waals surface area contributed by atoms with E-state index in [9.17, 15) is 4.79 Å². The number of carbonyl (C=O) groups excluding carboxylic acids is 1. The third-order valence-corrected chi connectivity index (χ3v) is 4.39. The van der Waals surface area contributed by atoms with Crippen LogP contribution < -0.4 is 4.74 Å². The van der Waals surface area contributed by atoms with Crippen molar-refractivity contribution in [1.29, 1.82) is 0 Å². The minimum Gasteiger partial charge on any atom is -0.471 e. The molecule has 4 rings (SSSR count). The summed E-state index contributed by atoms with van der Waals surface area (Å²) in [7, 11) is 0. The summed E-state index contributed by atoms with van der Waals surface area (Å²) in [5, 5.41) is 0. The van der Waals surface area contributed by atoms with E-state index in [0.29, 0.717) is 19.0 Å². The third kappa shape index (κ3) is 3.45. The van der Waals surface area contributed by atoms with Gasteiger partial charge in [-0.25, -0.2) is 9.97 Å². The maximum absolute atomic E-state index is 12.7. The van der Waals surface area contributed by atoms with E-state index in [1.54, 1.807) is 24.9 Å². The van der Waals surface area contributed by atoms with E-state index in [2.05, 4.69) is 15.0 Å². The molecule has 1 amide bonds. The molecular formula is C18H19N5O2. The van der Waals surface area contributed by atoms with Crippen molar-refractivity contribution in [3.8, 4) is 5.88 Å². The highest BCUT2D eigenvalue weighted by Crippen LogP contribution is 2.17. The van der Waals surface area contributed by atoms with Gasteiger partial charge in [-0.2, -0.15) is 0 Å². The van der Waals surface area contributed by atoms with Gasteiger partial charge in [-0.1, -0.05) is 12.1 Å². The predicted molar refractivity (Wildman–Crippen MR) is 92.0 cm³/mol. The molecule has 0 aliphatic carbocycles. The van der Waals surface area contributed by atoms with Gasteiger partial charge in [0.05, 0.1) is 30.1 Å². The number of nitrogens with zero attached hydrogens (tertiary/aromatic N) is 5. The van der Waals surface area contributed by atoms with Crippen LogP contribution in [0.15, 0.2) is 49.2 Å². The van der Waals surface area contributed by atoms with Gasteiger partial charge in [-0.05, 0) is 25.0 Å². The van der Waals surface area contributed by atoms with E-state index >= 15 is 0 Å². The lowest BCUT2D eigenvalue weighted by atomic mass is 10.1. The van der Waals surface area contributed by atoms with Gasteiger partial charge in [0.25, 0.3) is 0 Å². The Morgan fingerprint density at radius 2 is 2.16 bits per heavy atom. The van der Waals surface area contributed by atoms with Gasteiger partial charge in [0, 0.05) is 18.9 Å². The number of likely N-dealkylation sites (tertiary alicyclic amines) is 1. The van der Waals surface area contributed by atoms with Crippen LogP contribution in [0.25, 0.3) is 11.0 Å². The number of hydrogen-bond acceptors (Lipinski definition) is 5. The standard InChI is InChI=1S/C18H19N5O2/c24-18(12-23-13-21-15-5-1-2-6-16(15)23)22-9-3-4-14(11-22)25-17-10-19-7-8-20-17/h1-2,5-8,10,13-14H,3-4,9,11-12H2/t14-/m1/s1. The van der Waals surface area contributed by atoms with Crippen LogP contribution in [-0.4, -0.2) is 49.5 Å². The summed E-state index contributed by atoms with van der Waals surface area (Å²) in [6, 6.07) is 7.82. The van der Waals surface area contributed by atoms with Crippen LogP contribution in [0.3, 0.4) is 0 Å². The number of benzene rings is 1. The number of hydrogen-bond donors (Lipinski definition) is 0. The van der Waals surface area contributed by atoms with Gasteiger partial charge in [-0.15, -0.1) is 0 Å². The lowest BCUT2D eigenvalue weighted by Gasteiger charge is -2.32. The number of para-hydroxylation sites is 2. The molecule has 0 spiro atoms. The molecule has 0 N–H and O–H groups in total. The molecule has 0 saturated carbocycles. The molecule has 7 heteroatoms. The number of piperidine rings is 1. The van der Waals surface area contributed by atoms with Crippen molar-refractivity contribution >= 4 is 16.9 Å². The van der Waals surface area contributed by atoms with Crippen molar-refractivity contribution in [2.75, 3.05) is 13.1 Å². The number of imidazole rings is 1. The van der Waals surface area contributed by atoms with Crippen molar-refractivity contribution in [2.45, 2.75) is 25.5 Å². The van der Waals surface area contributed by atoms with E-state index in [-0.39, 0.29) is 12.0 Å². The van der Waals surface area contributed by atoms with Crippen LogP contribution in [0, 0.1) is 0 Å². The van der Waals surface area contributed by atoms with E-state index in [1.807, 2.05) is 33.7 Å².